The Hall–Kier alpha value is -3.67. The number of methoxy groups -OCH3 is 1. The predicted octanol–water partition coefficient (Wildman–Crippen LogP) is 5.95. The van der Waals surface area contributed by atoms with E-state index in [4.69, 9.17) is 4.74 Å². The van der Waals surface area contributed by atoms with Crippen LogP contribution in [0.15, 0.2) is 78.0 Å². The Balaban J connectivity index is 1.61. The number of rotatable bonds is 3. The number of ether oxygens (including phenoxy) is 1. The molecule has 162 valence electrons. The van der Waals surface area contributed by atoms with Crippen LogP contribution in [-0.2, 0) is 4.79 Å². The molecular weight excluding hydrogens is 410 g/mol. The zero-order chi connectivity index (χ0) is 22.2. The molecule has 0 spiro atoms. The quantitative estimate of drug-likeness (QED) is 0.537. The first-order chi connectivity index (χ1) is 15.5. The molecule has 4 nitrogen and oxygen atoms in total. The van der Waals surface area contributed by atoms with Gasteiger partial charge in [0.15, 0.2) is 5.78 Å². The Morgan fingerprint density at radius 3 is 2.44 bits per heavy atom. The normalized spacial score (nSPS) is 19.9. The van der Waals surface area contributed by atoms with Crippen molar-refractivity contribution in [1.29, 1.82) is 0 Å². The molecule has 1 aliphatic carbocycles. The highest BCUT2D eigenvalue weighted by Crippen LogP contribution is 2.44. The highest BCUT2D eigenvalue weighted by molar-refractivity contribution is 6.01. The van der Waals surface area contributed by atoms with Gasteiger partial charge in [0, 0.05) is 23.3 Å². The van der Waals surface area contributed by atoms with E-state index in [9.17, 15) is 13.6 Å². The van der Waals surface area contributed by atoms with Crippen molar-refractivity contribution in [3.05, 3.63) is 101 Å². The number of nitrogens with one attached hydrogen (secondary N) is 2. The third-order valence-electron chi connectivity index (χ3n) is 6.17. The van der Waals surface area contributed by atoms with Crippen molar-refractivity contribution in [3.8, 4) is 5.75 Å². The largest absolute Gasteiger partial charge is 0.497 e. The van der Waals surface area contributed by atoms with Crippen molar-refractivity contribution in [2.24, 2.45) is 0 Å². The van der Waals surface area contributed by atoms with Gasteiger partial charge in [-0.2, -0.15) is 0 Å². The molecule has 0 aromatic heterocycles. The van der Waals surface area contributed by atoms with Crippen molar-refractivity contribution in [3.63, 3.8) is 0 Å². The van der Waals surface area contributed by atoms with Gasteiger partial charge in [-0.05, 0) is 60.4 Å². The highest BCUT2D eigenvalue weighted by Gasteiger charge is 2.37. The number of carbonyl (C=O) groups is 1. The Bertz CT molecular complexity index is 1220. The summed E-state index contributed by atoms with van der Waals surface area (Å²) in [6.45, 7) is 0. The lowest BCUT2D eigenvalue weighted by molar-refractivity contribution is -0.116. The first-order valence-electron chi connectivity index (χ1n) is 10.5. The number of fused-ring (bicyclic) bond motifs is 1. The Morgan fingerprint density at radius 2 is 1.69 bits per heavy atom. The number of allylic oxidation sites excluding steroid dienone is 1. The van der Waals surface area contributed by atoms with E-state index in [1.54, 1.807) is 7.11 Å². The third kappa shape index (κ3) is 3.62. The topological polar surface area (TPSA) is 50.4 Å². The average Bonchev–Trinajstić information content (AvgIpc) is 2.97. The van der Waals surface area contributed by atoms with Gasteiger partial charge in [0.05, 0.1) is 24.5 Å². The van der Waals surface area contributed by atoms with E-state index in [1.165, 1.54) is 0 Å². The summed E-state index contributed by atoms with van der Waals surface area (Å²) in [6, 6.07) is 17.8. The average molecular weight is 432 g/mol. The molecule has 5 rings (SSSR count). The number of ketones is 1. The maximum atomic E-state index is 14.8. The second-order valence-electron chi connectivity index (χ2n) is 8.11. The lowest BCUT2D eigenvalue weighted by Crippen LogP contribution is -2.27. The fourth-order valence-corrected chi connectivity index (χ4v) is 4.57. The summed E-state index contributed by atoms with van der Waals surface area (Å²) < 4.78 is 34.1. The molecule has 0 amide bonds. The maximum absolute atomic E-state index is 14.8. The SMILES string of the molecule is COc1ccc([C@@H]2CC(=O)C3=C(C2)Nc2ccccc2N[C@H]3c2cc(F)ccc2F)cc1. The van der Waals surface area contributed by atoms with Crippen LogP contribution in [0, 0.1) is 11.6 Å². The molecule has 0 bridgehead atoms. The van der Waals surface area contributed by atoms with Crippen LogP contribution in [0.4, 0.5) is 20.2 Å². The number of hydrogen-bond donors (Lipinski definition) is 2. The van der Waals surface area contributed by atoms with Crippen LogP contribution in [0.3, 0.4) is 0 Å². The standard InChI is InChI=1S/C26H22F2N2O2/c1-32-18-9-6-15(7-10-18)16-12-23-25(24(31)13-16)26(19-14-17(27)8-11-20(19)28)30-22-5-3-2-4-21(22)29-23/h2-11,14,16,26,29-30H,12-13H2,1H3/t16-,26-/m0/s1. The van der Waals surface area contributed by atoms with Crippen LogP contribution in [-0.4, -0.2) is 12.9 Å². The molecule has 2 atom stereocenters. The summed E-state index contributed by atoms with van der Waals surface area (Å²) in [5.41, 5.74) is 3.86. The van der Waals surface area contributed by atoms with E-state index in [1.807, 2.05) is 48.5 Å². The molecule has 3 aromatic rings. The van der Waals surface area contributed by atoms with E-state index in [0.29, 0.717) is 12.0 Å². The van der Waals surface area contributed by atoms with Gasteiger partial charge in [-0.15, -0.1) is 0 Å². The smallest absolute Gasteiger partial charge is 0.163 e. The number of carbonyl (C=O) groups excluding carboxylic acids is 1. The summed E-state index contributed by atoms with van der Waals surface area (Å²) in [4.78, 5) is 13.4. The molecule has 0 radical (unpaired) electrons. The molecule has 0 saturated heterocycles. The monoisotopic (exact) mass is 432 g/mol. The summed E-state index contributed by atoms with van der Waals surface area (Å²) >= 11 is 0. The second-order valence-corrected chi connectivity index (χ2v) is 8.11. The number of halogens is 2. The minimum Gasteiger partial charge on any atom is -0.497 e. The maximum Gasteiger partial charge on any atom is 0.163 e. The number of benzene rings is 3. The molecule has 2 aliphatic rings. The van der Waals surface area contributed by atoms with Crippen LogP contribution in [0.1, 0.15) is 35.9 Å². The van der Waals surface area contributed by atoms with Gasteiger partial charge >= 0.3 is 0 Å². The van der Waals surface area contributed by atoms with Crippen molar-refractivity contribution >= 4 is 17.2 Å². The summed E-state index contributed by atoms with van der Waals surface area (Å²) in [7, 11) is 1.61. The predicted molar refractivity (Wildman–Crippen MR) is 120 cm³/mol. The molecule has 3 aromatic carbocycles. The molecule has 0 saturated carbocycles. The number of hydrogen-bond acceptors (Lipinski definition) is 4. The number of Topliss-reactive ketones (excluding diaryl/α,β-unsaturated/α-hetero) is 1. The second kappa shape index (κ2) is 8.11. The van der Waals surface area contributed by atoms with Gasteiger partial charge in [-0.25, -0.2) is 8.78 Å². The lowest BCUT2D eigenvalue weighted by atomic mass is 9.78. The zero-order valence-electron chi connectivity index (χ0n) is 17.5. The molecule has 0 fully saturated rings. The van der Waals surface area contributed by atoms with Gasteiger partial charge in [0.2, 0.25) is 0 Å². The Kier molecular flexibility index (Phi) is 5.13. The van der Waals surface area contributed by atoms with Gasteiger partial charge in [0.1, 0.15) is 17.4 Å². The van der Waals surface area contributed by atoms with Crippen LogP contribution < -0.4 is 15.4 Å². The summed E-state index contributed by atoms with van der Waals surface area (Å²) in [5, 5.41) is 6.68. The fraction of sp³-hybridized carbons (Fsp3) is 0.192. The van der Waals surface area contributed by atoms with Crippen molar-refractivity contribution < 1.29 is 18.3 Å². The van der Waals surface area contributed by atoms with Crippen molar-refractivity contribution in [1.82, 2.24) is 0 Å². The molecular formula is C26H22F2N2O2. The van der Waals surface area contributed by atoms with Crippen molar-refractivity contribution in [2.75, 3.05) is 17.7 Å². The minimum atomic E-state index is -0.791. The first-order valence-corrected chi connectivity index (χ1v) is 10.5. The van der Waals surface area contributed by atoms with Crippen LogP contribution in [0.2, 0.25) is 0 Å². The van der Waals surface area contributed by atoms with Crippen LogP contribution >= 0.6 is 0 Å². The molecule has 2 N–H and O–H groups in total. The van der Waals surface area contributed by atoms with Gasteiger partial charge in [-0.1, -0.05) is 24.3 Å². The molecule has 1 aliphatic heterocycles. The van der Waals surface area contributed by atoms with E-state index >= 15 is 0 Å². The van der Waals surface area contributed by atoms with E-state index in [0.717, 1.165) is 46.6 Å². The lowest BCUT2D eigenvalue weighted by Gasteiger charge is -2.30. The highest BCUT2D eigenvalue weighted by atomic mass is 19.1. The molecule has 32 heavy (non-hydrogen) atoms. The summed E-state index contributed by atoms with van der Waals surface area (Å²) in [6.07, 6.45) is 0.870. The molecule has 0 unspecified atom stereocenters. The first kappa shape index (κ1) is 20.2. The summed E-state index contributed by atoms with van der Waals surface area (Å²) in [5.74, 6) is -0.463. The number of para-hydroxylation sites is 2. The van der Waals surface area contributed by atoms with Gasteiger partial charge in [0.25, 0.3) is 0 Å². The van der Waals surface area contributed by atoms with E-state index in [-0.39, 0.29) is 23.7 Å². The molecule has 1 heterocycles. The Labute approximate surface area is 184 Å². The van der Waals surface area contributed by atoms with E-state index < -0.39 is 17.7 Å². The zero-order valence-corrected chi connectivity index (χ0v) is 17.5. The Morgan fingerprint density at radius 1 is 0.938 bits per heavy atom. The minimum absolute atomic E-state index is 0.0251. The number of anilines is 2. The van der Waals surface area contributed by atoms with Crippen LogP contribution in [0.25, 0.3) is 0 Å². The van der Waals surface area contributed by atoms with Gasteiger partial charge < -0.3 is 15.4 Å². The third-order valence-corrected chi connectivity index (χ3v) is 6.17. The van der Waals surface area contributed by atoms with Crippen LogP contribution in [0.5, 0.6) is 5.75 Å². The fourth-order valence-electron chi connectivity index (χ4n) is 4.57. The van der Waals surface area contributed by atoms with E-state index in [2.05, 4.69) is 10.6 Å². The van der Waals surface area contributed by atoms with Crippen molar-refractivity contribution in [2.45, 2.75) is 24.8 Å². The molecule has 6 heteroatoms. The van der Waals surface area contributed by atoms with Gasteiger partial charge in [-0.3, -0.25) is 4.79 Å².